The van der Waals surface area contributed by atoms with Gasteiger partial charge in [0.1, 0.15) is 0 Å². The van der Waals surface area contributed by atoms with Crippen LogP contribution in [0.5, 0.6) is 0 Å². The molecule has 0 saturated carbocycles. The molecule has 1 aliphatic heterocycles. The van der Waals surface area contributed by atoms with E-state index in [2.05, 4.69) is 4.99 Å². The predicted molar refractivity (Wildman–Crippen MR) is 26.5 cm³/mol. The zero-order valence-corrected chi connectivity index (χ0v) is 4.30. The fourth-order valence-electron chi connectivity index (χ4n) is 0.410. The molecule has 0 aromatic carbocycles. The third-order valence-electron chi connectivity index (χ3n) is 0.846. The number of carbonyl (C=O) groups is 2. The molecule has 1 unspecified atom stereocenters. The molecule has 0 fully saturated rings. The lowest BCUT2D eigenvalue weighted by molar-refractivity contribution is -0.134. The Kier molecular flexibility index (Phi) is 1.26. The van der Waals surface area contributed by atoms with E-state index in [1.54, 1.807) is 0 Å². The minimum Gasteiger partial charge on any atom is -0.314 e. The summed E-state index contributed by atoms with van der Waals surface area (Å²) in [4.78, 5) is 23.4. The number of hydrogen-bond donors (Lipinski definition) is 1. The van der Waals surface area contributed by atoms with Crippen molar-refractivity contribution in [1.29, 1.82) is 0 Å². The maximum Gasteiger partial charge on any atom is 0.291 e. The number of rotatable bonds is 0. The highest BCUT2D eigenvalue weighted by Crippen LogP contribution is 1.96. The van der Waals surface area contributed by atoms with E-state index < -0.39 is 18.0 Å². The maximum absolute atomic E-state index is 12.1. The average molecular weight is 130 g/mol. The van der Waals surface area contributed by atoms with Crippen molar-refractivity contribution in [3.8, 4) is 0 Å². The van der Waals surface area contributed by atoms with Gasteiger partial charge in [0.25, 0.3) is 18.0 Å². The van der Waals surface area contributed by atoms with Crippen LogP contribution in [0, 0.1) is 0 Å². The summed E-state index contributed by atoms with van der Waals surface area (Å²) in [5, 5.41) is 1.94. The van der Waals surface area contributed by atoms with E-state index in [1.165, 1.54) is 0 Å². The predicted octanol–water partition coefficient (Wildman–Crippen LogP) is -0.991. The maximum atomic E-state index is 12.1. The van der Waals surface area contributed by atoms with Crippen molar-refractivity contribution in [1.82, 2.24) is 5.32 Å². The van der Waals surface area contributed by atoms with E-state index in [0.717, 1.165) is 6.34 Å². The van der Waals surface area contributed by atoms with Crippen LogP contribution in [0.4, 0.5) is 4.39 Å². The van der Waals surface area contributed by atoms with E-state index in [-0.39, 0.29) is 0 Å². The van der Waals surface area contributed by atoms with Crippen LogP contribution in [0.25, 0.3) is 0 Å². The second kappa shape index (κ2) is 1.93. The molecule has 0 radical (unpaired) electrons. The number of nitrogens with one attached hydrogen (secondary N) is 1. The minimum atomic E-state index is -2.12. The second-order valence-electron chi connectivity index (χ2n) is 1.47. The van der Waals surface area contributed by atoms with Gasteiger partial charge in [0, 0.05) is 0 Å². The van der Waals surface area contributed by atoms with Crippen LogP contribution in [-0.4, -0.2) is 24.3 Å². The molecule has 0 spiro atoms. The molecule has 2 amide bonds. The highest BCUT2D eigenvalue weighted by molar-refractivity contribution is 6.12. The van der Waals surface area contributed by atoms with Gasteiger partial charge < -0.3 is 5.32 Å². The Hall–Kier alpha value is -1.26. The lowest BCUT2D eigenvalue weighted by Gasteiger charge is -2.05. The van der Waals surface area contributed by atoms with Crippen LogP contribution in [0.15, 0.2) is 4.99 Å². The first-order valence-electron chi connectivity index (χ1n) is 2.22. The normalized spacial score (nSPS) is 26.1. The van der Waals surface area contributed by atoms with Gasteiger partial charge in [-0.05, 0) is 0 Å². The monoisotopic (exact) mass is 130 g/mol. The first kappa shape index (κ1) is 5.87. The summed E-state index contributed by atoms with van der Waals surface area (Å²) in [7, 11) is 0. The van der Waals surface area contributed by atoms with Gasteiger partial charge >= 0.3 is 0 Å². The number of hydrogen-bond acceptors (Lipinski definition) is 2. The third-order valence-corrected chi connectivity index (χ3v) is 0.846. The third kappa shape index (κ3) is 0.933. The smallest absolute Gasteiger partial charge is 0.291 e. The Morgan fingerprint density at radius 3 is 2.78 bits per heavy atom. The lowest BCUT2D eigenvalue weighted by atomic mass is 10.3. The molecule has 9 heavy (non-hydrogen) atoms. The van der Waals surface area contributed by atoms with Gasteiger partial charge in [-0.25, -0.2) is 9.38 Å². The molecule has 1 N–H and O–H groups in total. The van der Waals surface area contributed by atoms with Crippen LogP contribution < -0.4 is 5.32 Å². The Balaban J connectivity index is 2.81. The SMILES string of the molecule is O=C1N=CNC(=O)C1F. The zero-order valence-electron chi connectivity index (χ0n) is 4.30. The molecule has 1 atom stereocenters. The Morgan fingerprint density at radius 1 is 1.67 bits per heavy atom. The topological polar surface area (TPSA) is 58.5 Å². The number of alkyl halides is 1. The molecule has 48 valence electrons. The van der Waals surface area contributed by atoms with E-state index in [1.807, 2.05) is 5.32 Å². The summed E-state index contributed by atoms with van der Waals surface area (Å²) in [5.74, 6) is -1.99. The van der Waals surface area contributed by atoms with Crippen molar-refractivity contribution in [3.63, 3.8) is 0 Å². The lowest BCUT2D eigenvalue weighted by Crippen LogP contribution is -2.39. The van der Waals surface area contributed by atoms with Crippen molar-refractivity contribution < 1.29 is 14.0 Å². The van der Waals surface area contributed by atoms with Gasteiger partial charge in [0.15, 0.2) is 0 Å². The number of aliphatic imine (C=N–C) groups is 1. The van der Waals surface area contributed by atoms with E-state index in [9.17, 15) is 14.0 Å². The molecular weight excluding hydrogens is 127 g/mol. The number of nitrogens with zero attached hydrogens (tertiary/aromatic N) is 1. The molecule has 0 aromatic heterocycles. The minimum absolute atomic E-state index is 0.876. The van der Waals surface area contributed by atoms with Gasteiger partial charge in [0.05, 0.1) is 6.34 Å². The van der Waals surface area contributed by atoms with Gasteiger partial charge in [-0.15, -0.1) is 0 Å². The molecule has 1 aliphatic rings. The summed E-state index contributed by atoms with van der Waals surface area (Å²) in [5.41, 5.74) is 0. The molecule has 1 heterocycles. The number of amides is 2. The zero-order chi connectivity index (χ0) is 6.85. The number of carbonyl (C=O) groups excluding carboxylic acids is 2. The summed E-state index contributed by atoms with van der Waals surface area (Å²) >= 11 is 0. The van der Waals surface area contributed by atoms with Crippen molar-refractivity contribution in [3.05, 3.63) is 0 Å². The van der Waals surface area contributed by atoms with E-state index >= 15 is 0 Å². The summed E-state index contributed by atoms with van der Waals surface area (Å²) in [6.07, 6.45) is -1.24. The Labute approximate surface area is 49.8 Å². The Morgan fingerprint density at radius 2 is 2.33 bits per heavy atom. The standard InChI is InChI=1S/C4H3FN2O2/c5-2-3(8)6-1-7-4(2)9/h1-2H,(H,6,7,8,9). The molecule has 5 heteroatoms. The largest absolute Gasteiger partial charge is 0.314 e. The van der Waals surface area contributed by atoms with Gasteiger partial charge in [-0.3, -0.25) is 9.59 Å². The summed E-state index contributed by atoms with van der Waals surface area (Å²) < 4.78 is 12.1. The molecule has 0 aromatic rings. The van der Waals surface area contributed by atoms with Crippen molar-refractivity contribution in [2.24, 2.45) is 4.99 Å². The molecule has 1 rings (SSSR count). The van der Waals surface area contributed by atoms with Crippen LogP contribution in [0.2, 0.25) is 0 Å². The highest BCUT2D eigenvalue weighted by Gasteiger charge is 2.27. The van der Waals surface area contributed by atoms with Crippen LogP contribution in [0.3, 0.4) is 0 Å². The van der Waals surface area contributed by atoms with Crippen molar-refractivity contribution in [2.75, 3.05) is 0 Å². The Bertz CT molecular complexity index is 189. The molecule has 4 nitrogen and oxygen atoms in total. The van der Waals surface area contributed by atoms with E-state index in [0.29, 0.717) is 0 Å². The van der Waals surface area contributed by atoms with Crippen molar-refractivity contribution >= 4 is 18.2 Å². The molecule has 0 saturated heterocycles. The summed E-state index contributed by atoms with van der Waals surface area (Å²) in [6, 6.07) is 0. The first-order valence-corrected chi connectivity index (χ1v) is 2.22. The number of halogens is 1. The fraction of sp³-hybridized carbons (Fsp3) is 0.250. The quantitative estimate of drug-likeness (QED) is 0.428. The highest BCUT2D eigenvalue weighted by atomic mass is 19.1. The molecule has 0 aliphatic carbocycles. The summed E-state index contributed by atoms with van der Waals surface area (Å²) in [6.45, 7) is 0. The molecule has 0 bridgehead atoms. The molecular formula is C4H3FN2O2. The van der Waals surface area contributed by atoms with Crippen LogP contribution in [-0.2, 0) is 9.59 Å². The van der Waals surface area contributed by atoms with Crippen LogP contribution >= 0.6 is 0 Å². The van der Waals surface area contributed by atoms with E-state index in [4.69, 9.17) is 0 Å². The van der Waals surface area contributed by atoms with Gasteiger partial charge in [-0.1, -0.05) is 0 Å². The van der Waals surface area contributed by atoms with Gasteiger partial charge in [-0.2, -0.15) is 0 Å². The average Bonchev–Trinajstić information content (AvgIpc) is 1.83. The van der Waals surface area contributed by atoms with Crippen LogP contribution in [0.1, 0.15) is 0 Å². The second-order valence-corrected chi connectivity index (χ2v) is 1.47. The fourth-order valence-corrected chi connectivity index (χ4v) is 0.410. The van der Waals surface area contributed by atoms with Crippen molar-refractivity contribution in [2.45, 2.75) is 6.17 Å². The van der Waals surface area contributed by atoms with Gasteiger partial charge in [0.2, 0.25) is 0 Å². The first-order chi connectivity index (χ1) is 4.22.